The first-order valence-corrected chi connectivity index (χ1v) is 26.5. The third kappa shape index (κ3) is 33.5. The Balaban J connectivity index is -0.000000466. The number of urea groups is 2. The molecule has 0 unspecified atom stereocenters. The minimum atomic E-state index is -5.37. The number of aliphatic hydroxyl groups excluding tert-OH is 3. The number of pyridine rings is 2. The van der Waals surface area contributed by atoms with Crippen molar-refractivity contribution in [1.29, 1.82) is 0 Å². The second-order valence-electron chi connectivity index (χ2n) is 16.9. The number of benzene rings is 4. The summed E-state index contributed by atoms with van der Waals surface area (Å²) in [4.78, 5) is 99.7. The summed E-state index contributed by atoms with van der Waals surface area (Å²) in [5.74, 6) is -4.04. The van der Waals surface area contributed by atoms with Gasteiger partial charge in [0.05, 0.1) is 45.3 Å². The quantitative estimate of drug-likeness (QED) is 0.0177. The van der Waals surface area contributed by atoms with E-state index in [0.29, 0.717) is 0 Å². The van der Waals surface area contributed by atoms with Crippen molar-refractivity contribution in [2.45, 2.75) is 50.2 Å². The van der Waals surface area contributed by atoms with Gasteiger partial charge in [-0.05, 0) is 47.9 Å². The van der Waals surface area contributed by atoms with Crippen molar-refractivity contribution in [2.75, 3.05) is 58.3 Å². The molecule has 88 heavy (non-hydrogen) atoms. The number of carbonyl (C=O) groups is 4. The van der Waals surface area contributed by atoms with Crippen LogP contribution in [-0.4, -0.2) is 147 Å². The molecular weight excluding hydrogens is 1320 g/mol. The maximum absolute atomic E-state index is 13.9. The fourth-order valence-corrected chi connectivity index (χ4v) is 7.74. The van der Waals surface area contributed by atoms with E-state index in [9.17, 15) is 65.9 Å². The first kappa shape index (κ1) is 93.7. The molecule has 0 saturated carbocycles. The molecular formula is C49H65F4N8Na3O18P2S4. The van der Waals surface area contributed by atoms with E-state index in [1.54, 1.807) is 24.5 Å². The zero-order valence-electron chi connectivity index (χ0n) is 48.1. The van der Waals surface area contributed by atoms with Gasteiger partial charge in [-0.1, -0.05) is 72.8 Å². The smallest absolute Gasteiger partial charge is 0.870 e. The van der Waals surface area contributed by atoms with Crippen LogP contribution in [0.4, 0.5) is 48.4 Å². The third-order valence-corrected chi connectivity index (χ3v) is 12.1. The van der Waals surface area contributed by atoms with Gasteiger partial charge in [-0.3, -0.25) is 15.2 Å². The van der Waals surface area contributed by atoms with Crippen molar-refractivity contribution in [3.05, 3.63) is 144 Å². The Morgan fingerprint density at radius 1 is 0.568 bits per heavy atom. The van der Waals surface area contributed by atoms with Gasteiger partial charge in [0, 0.05) is 68.6 Å². The van der Waals surface area contributed by atoms with Crippen LogP contribution in [0.25, 0.3) is 21.5 Å². The van der Waals surface area contributed by atoms with Crippen LogP contribution in [-0.2, 0) is 40.7 Å². The fraction of sp³-hybridized carbons (Fsp3) is 0.306. The van der Waals surface area contributed by atoms with Crippen molar-refractivity contribution in [3.63, 3.8) is 0 Å². The molecule has 6 rings (SSSR count). The molecule has 6 aromatic rings. The van der Waals surface area contributed by atoms with Crippen LogP contribution in [0.3, 0.4) is 0 Å². The maximum atomic E-state index is 13.9. The number of likely N-dealkylation sites (N-methyl/N-ethyl adjacent to an activating group) is 2. The molecule has 26 nitrogen and oxygen atoms in total. The summed E-state index contributed by atoms with van der Waals surface area (Å²) in [7, 11) is -6.67. The molecule has 0 aliphatic heterocycles. The standard InChI is InChI=1S/2C24H27F2N4O8P.CH4O.3Na.H2O.4H2S/c2*1-30(23(32)28-12-17-7-4-8-20(25)22(17)26)18(10-19(31)14-38-39(34,35)36)13-37-24(33)29-21-9-15-5-2-3-6-16(15)11-27-21;1-2;;;;;;;;/h2*2-9,11,18-19,31H,10,12-14H2,1H3,(H,28,32)(H,27,29,33)(H2,34,35,36);2H,1H3;;;;5*1H2/q;;;3*+1;;;;;/p-3/t2*18-,19-;;;;;;;;;/m00........./s1. The van der Waals surface area contributed by atoms with E-state index >= 15 is 0 Å². The van der Waals surface area contributed by atoms with Crippen LogP contribution >= 0.6 is 69.6 Å². The number of nitrogens with one attached hydrogen (secondary N) is 4. The Labute approximate surface area is 597 Å². The Bertz CT molecular complexity index is 2970. The fourth-order valence-electron chi connectivity index (χ4n) is 7.02. The Kier molecular flexibility index (Phi) is 50.0. The number of carbonyl (C=O) groups excluding carboxylic acids is 4. The number of hydrogen-bond acceptors (Lipinski definition) is 18. The van der Waals surface area contributed by atoms with Gasteiger partial charge in [-0.2, -0.15) is 54.0 Å². The number of nitrogens with zero attached hydrogens (tertiary/aromatic N) is 4. The van der Waals surface area contributed by atoms with Crippen LogP contribution in [0.1, 0.15) is 24.0 Å². The molecule has 10 N–H and O–H groups in total. The van der Waals surface area contributed by atoms with E-state index in [-0.39, 0.29) is 197 Å². The minimum absolute atomic E-state index is 0. The number of anilines is 2. The molecule has 6 amide bonds. The molecule has 0 aliphatic carbocycles. The van der Waals surface area contributed by atoms with E-state index in [0.717, 1.165) is 50.6 Å². The first-order chi connectivity index (χ1) is 37.8. The minimum Gasteiger partial charge on any atom is -0.870 e. The number of amides is 6. The van der Waals surface area contributed by atoms with E-state index in [1.165, 1.54) is 38.4 Å². The topological polar surface area (TPSA) is 397 Å². The van der Waals surface area contributed by atoms with E-state index in [4.69, 9.17) is 24.4 Å². The number of ether oxygens (including phenoxy) is 2. The summed E-state index contributed by atoms with van der Waals surface area (Å²) >= 11 is 0. The van der Waals surface area contributed by atoms with Crippen molar-refractivity contribution in [1.82, 2.24) is 30.4 Å². The number of phosphoric ester groups is 2. The average Bonchev–Trinajstić information content (AvgIpc) is 2.43. The summed E-state index contributed by atoms with van der Waals surface area (Å²) in [5.41, 5.74) is -0.233. The van der Waals surface area contributed by atoms with Crippen molar-refractivity contribution in [3.8, 4) is 0 Å². The van der Waals surface area contributed by atoms with Crippen LogP contribution < -0.4 is 120 Å². The zero-order chi connectivity index (χ0) is 59.2. The predicted molar refractivity (Wildman–Crippen MR) is 318 cm³/mol. The molecule has 474 valence electrons. The molecule has 4 aromatic carbocycles. The Morgan fingerprint density at radius 2 is 0.909 bits per heavy atom. The van der Waals surface area contributed by atoms with Gasteiger partial charge in [-0.15, -0.1) is 0 Å². The molecule has 0 aliphatic rings. The van der Waals surface area contributed by atoms with E-state index < -0.39 is 114 Å². The molecule has 0 radical (unpaired) electrons. The molecule has 0 spiro atoms. The van der Waals surface area contributed by atoms with Gasteiger partial charge < -0.3 is 79.4 Å². The SMILES string of the molecule is CN(C(=O)NCc1cccc(F)c1F)[C@H](COC(=O)Nc1cc2ccccc2cn1)C[C@H](O)COP(=O)(O)O.CN(C(=O)NCc1cccc(F)c1F)[C@H](COC(=O)Nc1cc2ccccc2cn1)C[C@H](O)COP(=O)([O-])[O-].CO.S.S.S.S.[Na+].[Na+].[Na+].[OH-]. The van der Waals surface area contributed by atoms with Crippen molar-refractivity contribution < 1.29 is 193 Å². The predicted octanol–water partition coefficient (Wildman–Crippen LogP) is -4.11. The number of aliphatic hydroxyl groups is 3. The molecule has 39 heteroatoms. The maximum Gasteiger partial charge on any atom is 1.00 e. The van der Waals surface area contributed by atoms with Gasteiger partial charge in [-0.25, -0.2) is 51.3 Å². The van der Waals surface area contributed by atoms with Gasteiger partial charge in [0.25, 0.3) is 0 Å². The molecule has 2 aromatic heterocycles. The van der Waals surface area contributed by atoms with E-state index in [1.807, 2.05) is 48.5 Å². The molecule has 0 bridgehead atoms. The van der Waals surface area contributed by atoms with Gasteiger partial charge in [0.1, 0.15) is 24.8 Å². The second-order valence-corrected chi connectivity index (χ2v) is 19.3. The Morgan fingerprint density at radius 3 is 1.25 bits per heavy atom. The van der Waals surface area contributed by atoms with Gasteiger partial charge in [0.15, 0.2) is 23.3 Å². The summed E-state index contributed by atoms with van der Waals surface area (Å²) in [6, 6.07) is 21.2. The first-order valence-electron chi connectivity index (χ1n) is 23.5. The number of rotatable bonds is 22. The Hall–Kier alpha value is -3.04. The van der Waals surface area contributed by atoms with Crippen molar-refractivity contribution in [2.24, 2.45) is 0 Å². The molecule has 0 fully saturated rings. The van der Waals surface area contributed by atoms with Crippen LogP contribution in [0.15, 0.2) is 109 Å². The second kappa shape index (κ2) is 46.9. The largest absolute Gasteiger partial charge is 1.00 e. The van der Waals surface area contributed by atoms with E-state index in [2.05, 4.69) is 40.3 Å². The number of halogens is 4. The number of hydrogen-bond donors (Lipinski definition) is 9. The third-order valence-electron chi connectivity index (χ3n) is 11.1. The van der Waals surface area contributed by atoms with Crippen LogP contribution in [0.2, 0.25) is 0 Å². The van der Waals surface area contributed by atoms with Crippen LogP contribution in [0.5, 0.6) is 0 Å². The number of aromatic nitrogens is 2. The molecule has 0 saturated heterocycles. The number of fused-ring (bicyclic) bond motifs is 2. The monoisotopic (exact) mass is 1390 g/mol. The number of phosphoric acid groups is 2. The summed E-state index contributed by atoms with van der Waals surface area (Å²) < 4.78 is 95.2. The van der Waals surface area contributed by atoms with Crippen molar-refractivity contribution >= 4 is 127 Å². The zero-order valence-corrected chi connectivity index (χ0v) is 59.9. The van der Waals surface area contributed by atoms with Crippen LogP contribution in [0, 0.1) is 23.3 Å². The normalized spacial score (nSPS) is 11.6. The molecule has 4 atom stereocenters. The average molecular weight is 1390 g/mol. The molecule has 2 heterocycles. The van der Waals surface area contributed by atoms with Gasteiger partial charge in [0.2, 0.25) is 0 Å². The summed E-state index contributed by atoms with van der Waals surface area (Å²) in [5, 5.41) is 40.4. The summed E-state index contributed by atoms with van der Waals surface area (Å²) in [6.07, 6.45) is -2.45. The summed E-state index contributed by atoms with van der Waals surface area (Å²) in [6.45, 7) is -3.34. The van der Waals surface area contributed by atoms with Gasteiger partial charge >= 0.3 is 121 Å².